The van der Waals surface area contributed by atoms with Crippen LogP contribution in [0, 0.1) is 0 Å². The first-order valence-corrected chi connectivity index (χ1v) is 6.52. The van der Waals surface area contributed by atoms with Gasteiger partial charge in [0.05, 0.1) is 6.61 Å². The average Bonchev–Trinajstić information content (AvgIpc) is 2.42. The van der Waals surface area contributed by atoms with Crippen molar-refractivity contribution < 1.29 is 9.53 Å². The normalized spacial score (nSPS) is 10.0. The van der Waals surface area contributed by atoms with Crippen molar-refractivity contribution in [2.24, 2.45) is 0 Å². The van der Waals surface area contributed by atoms with Crippen LogP contribution in [0.5, 0.6) is 5.88 Å². The minimum absolute atomic E-state index is 0.242. The second kappa shape index (κ2) is 6.29. The molecule has 0 spiro atoms. The highest BCUT2D eigenvalue weighted by Gasteiger charge is 2.08. The minimum atomic E-state index is -0.308. The zero-order valence-corrected chi connectivity index (χ0v) is 11.8. The average molecular weight is 322 g/mol. The van der Waals surface area contributed by atoms with Gasteiger partial charge >= 0.3 is 0 Å². The Labute approximate surface area is 119 Å². The molecule has 0 saturated heterocycles. The fourth-order valence-electron chi connectivity index (χ4n) is 1.39. The van der Waals surface area contributed by atoms with Crippen LogP contribution in [-0.2, 0) is 0 Å². The van der Waals surface area contributed by atoms with Crippen LogP contribution in [0.25, 0.3) is 0 Å². The predicted octanol–water partition coefficient (Wildman–Crippen LogP) is 2.89. The van der Waals surface area contributed by atoms with E-state index in [0.29, 0.717) is 18.2 Å². The van der Waals surface area contributed by atoms with Gasteiger partial charge in [0.15, 0.2) is 5.69 Å². The predicted molar refractivity (Wildman–Crippen MR) is 75.3 cm³/mol. The molecule has 0 unspecified atom stereocenters. The van der Waals surface area contributed by atoms with E-state index in [-0.39, 0.29) is 11.6 Å². The first-order chi connectivity index (χ1) is 9.19. The van der Waals surface area contributed by atoms with Crippen molar-refractivity contribution in [3.63, 3.8) is 0 Å². The lowest BCUT2D eigenvalue weighted by Gasteiger charge is -2.05. The van der Waals surface area contributed by atoms with Crippen LogP contribution in [-0.4, -0.2) is 22.7 Å². The van der Waals surface area contributed by atoms with Gasteiger partial charge in [0.25, 0.3) is 5.91 Å². The molecule has 0 saturated carbocycles. The van der Waals surface area contributed by atoms with Crippen molar-refractivity contribution in [2.45, 2.75) is 6.92 Å². The fraction of sp³-hybridized carbons (Fsp3) is 0.154. The number of anilines is 1. The summed E-state index contributed by atoms with van der Waals surface area (Å²) in [5, 5.41) is 10.4. The lowest BCUT2D eigenvalue weighted by Crippen LogP contribution is -2.14. The number of hydrogen-bond acceptors (Lipinski definition) is 4. The summed E-state index contributed by atoms with van der Waals surface area (Å²) in [6, 6.07) is 10.5. The summed E-state index contributed by atoms with van der Waals surface area (Å²) in [7, 11) is 0. The van der Waals surface area contributed by atoms with E-state index >= 15 is 0 Å². The molecule has 0 atom stereocenters. The molecule has 6 heteroatoms. The second-order valence-electron chi connectivity index (χ2n) is 3.65. The molecular weight excluding hydrogens is 310 g/mol. The van der Waals surface area contributed by atoms with Crippen molar-refractivity contribution in [1.29, 1.82) is 0 Å². The second-order valence-corrected chi connectivity index (χ2v) is 4.57. The number of carbonyl (C=O) groups excluding carboxylic acids is 1. The molecular formula is C13H12BrN3O2. The molecule has 19 heavy (non-hydrogen) atoms. The zero-order chi connectivity index (χ0) is 13.7. The van der Waals surface area contributed by atoms with Crippen LogP contribution < -0.4 is 10.1 Å². The summed E-state index contributed by atoms with van der Waals surface area (Å²) < 4.78 is 6.11. The van der Waals surface area contributed by atoms with Crippen molar-refractivity contribution in [3.05, 3.63) is 46.6 Å². The monoisotopic (exact) mass is 321 g/mol. The lowest BCUT2D eigenvalue weighted by molar-refractivity contribution is 0.102. The van der Waals surface area contributed by atoms with E-state index in [9.17, 15) is 4.79 Å². The van der Waals surface area contributed by atoms with E-state index in [1.165, 1.54) is 0 Å². The number of nitrogens with zero attached hydrogens (tertiary/aromatic N) is 2. The molecule has 0 radical (unpaired) electrons. The Kier molecular flexibility index (Phi) is 4.46. The topological polar surface area (TPSA) is 64.1 Å². The molecule has 1 amide bonds. The smallest absolute Gasteiger partial charge is 0.276 e. The number of halogens is 1. The molecule has 1 aromatic heterocycles. The largest absolute Gasteiger partial charge is 0.477 e. The van der Waals surface area contributed by atoms with Crippen LogP contribution in [0.3, 0.4) is 0 Å². The molecule has 0 fully saturated rings. The number of ether oxygens (including phenoxy) is 1. The Morgan fingerprint density at radius 2 is 1.95 bits per heavy atom. The number of benzene rings is 1. The molecule has 0 aliphatic carbocycles. The molecule has 1 aromatic carbocycles. The Hall–Kier alpha value is -1.95. The van der Waals surface area contributed by atoms with Gasteiger partial charge in [-0.05, 0) is 37.3 Å². The maximum Gasteiger partial charge on any atom is 0.276 e. The number of rotatable bonds is 4. The third-order valence-corrected chi connectivity index (χ3v) is 2.80. The third kappa shape index (κ3) is 3.75. The van der Waals surface area contributed by atoms with Gasteiger partial charge in [0.1, 0.15) is 0 Å². The van der Waals surface area contributed by atoms with Gasteiger partial charge in [0.2, 0.25) is 5.88 Å². The van der Waals surface area contributed by atoms with E-state index in [1.807, 2.05) is 19.1 Å². The Balaban J connectivity index is 2.05. The van der Waals surface area contributed by atoms with Crippen LogP contribution in [0.2, 0.25) is 0 Å². The van der Waals surface area contributed by atoms with Crippen molar-refractivity contribution in [1.82, 2.24) is 10.2 Å². The van der Waals surface area contributed by atoms with Crippen LogP contribution >= 0.6 is 15.9 Å². The molecule has 0 bridgehead atoms. The highest BCUT2D eigenvalue weighted by molar-refractivity contribution is 9.10. The van der Waals surface area contributed by atoms with E-state index in [2.05, 4.69) is 31.4 Å². The summed E-state index contributed by atoms with van der Waals surface area (Å²) in [6.07, 6.45) is 0. The maximum absolute atomic E-state index is 11.9. The lowest BCUT2D eigenvalue weighted by atomic mass is 10.3. The Morgan fingerprint density at radius 1 is 1.21 bits per heavy atom. The number of hydrogen-bond donors (Lipinski definition) is 1. The minimum Gasteiger partial charge on any atom is -0.477 e. The fourth-order valence-corrected chi connectivity index (χ4v) is 1.66. The van der Waals surface area contributed by atoms with E-state index in [0.717, 1.165) is 4.47 Å². The molecule has 2 aromatic rings. The number of amides is 1. The van der Waals surface area contributed by atoms with Crippen LogP contribution in [0.15, 0.2) is 40.9 Å². The highest BCUT2D eigenvalue weighted by Crippen LogP contribution is 2.15. The molecule has 0 aliphatic rings. The van der Waals surface area contributed by atoms with Gasteiger partial charge in [-0.1, -0.05) is 15.9 Å². The van der Waals surface area contributed by atoms with E-state index in [1.54, 1.807) is 24.3 Å². The maximum atomic E-state index is 11.9. The number of aromatic nitrogens is 2. The highest BCUT2D eigenvalue weighted by atomic mass is 79.9. The van der Waals surface area contributed by atoms with Gasteiger partial charge in [-0.3, -0.25) is 4.79 Å². The Morgan fingerprint density at radius 3 is 2.53 bits per heavy atom. The molecule has 98 valence electrons. The van der Waals surface area contributed by atoms with Gasteiger partial charge in [-0.15, -0.1) is 10.2 Å². The van der Waals surface area contributed by atoms with Crippen LogP contribution in [0.4, 0.5) is 5.69 Å². The quantitative estimate of drug-likeness (QED) is 0.940. The van der Waals surface area contributed by atoms with Gasteiger partial charge in [-0.2, -0.15) is 0 Å². The van der Waals surface area contributed by atoms with Gasteiger partial charge < -0.3 is 10.1 Å². The number of nitrogens with one attached hydrogen (secondary N) is 1. The number of carbonyl (C=O) groups is 1. The molecule has 1 N–H and O–H groups in total. The molecule has 5 nitrogen and oxygen atoms in total. The van der Waals surface area contributed by atoms with Crippen molar-refractivity contribution in [3.8, 4) is 5.88 Å². The summed E-state index contributed by atoms with van der Waals surface area (Å²) in [6.45, 7) is 2.37. The molecule has 0 aliphatic heterocycles. The summed E-state index contributed by atoms with van der Waals surface area (Å²) in [4.78, 5) is 11.9. The van der Waals surface area contributed by atoms with Gasteiger partial charge in [-0.25, -0.2) is 0 Å². The van der Waals surface area contributed by atoms with E-state index < -0.39 is 0 Å². The molecule has 1 heterocycles. The first kappa shape index (κ1) is 13.5. The van der Waals surface area contributed by atoms with Gasteiger partial charge in [0, 0.05) is 16.2 Å². The Bertz CT molecular complexity index is 555. The first-order valence-electron chi connectivity index (χ1n) is 5.72. The van der Waals surface area contributed by atoms with Crippen LogP contribution in [0.1, 0.15) is 17.4 Å². The third-order valence-electron chi connectivity index (χ3n) is 2.27. The summed E-state index contributed by atoms with van der Waals surface area (Å²) in [5.74, 6) is 0.0977. The summed E-state index contributed by atoms with van der Waals surface area (Å²) in [5.41, 5.74) is 0.940. The SMILES string of the molecule is CCOc1ccc(C(=O)Nc2ccc(Br)cc2)nn1. The van der Waals surface area contributed by atoms with E-state index in [4.69, 9.17) is 4.74 Å². The molecule has 2 rings (SSSR count). The van der Waals surface area contributed by atoms with Crippen molar-refractivity contribution in [2.75, 3.05) is 11.9 Å². The van der Waals surface area contributed by atoms with Crippen molar-refractivity contribution >= 4 is 27.5 Å². The summed E-state index contributed by atoms with van der Waals surface area (Å²) >= 11 is 3.33. The zero-order valence-electron chi connectivity index (χ0n) is 10.3. The standard InChI is InChI=1S/C13H12BrN3O2/c1-2-19-12-8-7-11(16-17-12)13(18)15-10-5-3-9(14)4-6-10/h3-8H,2H2,1H3,(H,15,18).